The number of halogens is 2. The lowest BCUT2D eigenvalue weighted by atomic mass is 9.85. The molecule has 8 heteroatoms. The van der Waals surface area contributed by atoms with E-state index in [-0.39, 0.29) is 13.0 Å². The van der Waals surface area contributed by atoms with Crippen molar-refractivity contribution in [2.75, 3.05) is 20.2 Å². The van der Waals surface area contributed by atoms with E-state index in [1.54, 1.807) is 51.2 Å². The number of aromatic nitrogens is 2. The molecule has 1 aliphatic rings. The van der Waals surface area contributed by atoms with E-state index in [9.17, 15) is 13.6 Å². The van der Waals surface area contributed by atoms with Crippen molar-refractivity contribution in [1.29, 1.82) is 0 Å². The van der Waals surface area contributed by atoms with Crippen molar-refractivity contribution in [3.05, 3.63) is 36.0 Å². The summed E-state index contributed by atoms with van der Waals surface area (Å²) in [5, 5.41) is 6.75. The first kappa shape index (κ1) is 20.1. The summed E-state index contributed by atoms with van der Waals surface area (Å²) in [6.45, 7) is 4.67. The van der Waals surface area contributed by atoms with Crippen LogP contribution in [0.25, 0.3) is 11.3 Å². The number of carbonyl (C=O) groups excluding carboxylic acids is 1. The Morgan fingerprint density at radius 3 is 2.64 bits per heavy atom. The van der Waals surface area contributed by atoms with Crippen molar-refractivity contribution < 1.29 is 23.0 Å². The molecule has 6 nitrogen and oxygen atoms in total. The number of nitrogens with zero attached hydrogens (tertiary/aromatic N) is 2. The molecule has 3 rings (SSSR count). The van der Waals surface area contributed by atoms with Crippen LogP contribution in [0.4, 0.5) is 13.6 Å². The molecule has 152 valence electrons. The summed E-state index contributed by atoms with van der Waals surface area (Å²) in [6, 6.07) is 6.85. The van der Waals surface area contributed by atoms with Crippen molar-refractivity contribution in [1.82, 2.24) is 15.1 Å². The minimum absolute atomic E-state index is 0.138. The molecule has 1 amide bonds. The molecule has 0 bridgehead atoms. The van der Waals surface area contributed by atoms with Crippen molar-refractivity contribution in [2.24, 2.45) is 0 Å². The highest BCUT2D eigenvalue weighted by Gasteiger charge is 2.47. The average Bonchev–Trinajstić information content (AvgIpc) is 3.13. The number of ether oxygens (including phenoxy) is 2. The Balaban J connectivity index is 1.80. The summed E-state index contributed by atoms with van der Waals surface area (Å²) >= 11 is 0. The SMILES string of the molecule is COc1cc(C2CCN(C(=O)OC(C)(C)C)CC2(F)F)ccc1-c1ccn[nH]1. The van der Waals surface area contributed by atoms with Crippen LogP contribution in [0.1, 0.15) is 38.7 Å². The van der Waals surface area contributed by atoms with E-state index in [0.29, 0.717) is 11.3 Å². The predicted octanol–water partition coefficient (Wildman–Crippen LogP) is 4.45. The molecule has 0 spiro atoms. The molecule has 0 saturated carbocycles. The maximum Gasteiger partial charge on any atom is 0.410 e. The van der Waals surface area contributed by atoms with Gasteiger partial charge in [0.25, 0.3) is 5.92 Å². The number of benzene rings is 1. The Labute approximate surface area is 162 Å². The quantitative estimate of drug-likeness (QED) is 0.837. The van der Waals surface area contributed by atoms with E-state index in [4.69, 9.17) is 9.47 Å². The number of amides is 1. The van der Waals surface area contributed by atoms with Gasteiger partial charge in [-0.05, 0) is 51.0 Å². The van der Waals surface area contributed by atoms with Gasteiger partial charge < -0.3 is 14.4 Å². The van der Waals surface area contributed by atoms with E-state index in [1.165, 1.54) is 7.11 Å². The second-order valence-electron chi connectivity index (χ2n) is 7.93. The standard InChI is InChI=1S/C20H25F2N3O3/c1-19(2,3)28-18(26)25-10-8-15(20(21,22)12-25)13-5-6-14(17(11-13)27-4)16-7-9-23-24-16/h5-7,9,11,15H,8,10,12H2,1-4H3,(H,23,24). The van der Waals surface area contributed by atoms with Gasteiger partial charge >= 0.3 is 6.09 Å². The van der Waals surface area contributed by atoms with Crippen LogP contribution in [-0.4, -0.2) is 52.9 Å². The average molecular weight is 393 g/mol. The van der Waals surface area contributed by atoms with Gasteiger partial charge in [0, 0.05) is 18.3 Å². The maximum absolute atomic E-state index is 14.9. The van der Waals surface area contributed by atoms with E-state index in [2.05, 4.69) is 10.2 Å². The zero-order valence-electron chi connectivity index (χ0n) is 16.5. The molecule has 0 aliphatic carbocycles. The Bertz CT molecular complexity index is 832. The monoisotopic (exact) mass is 393 g/mol. The zero-order valence-corrected chi connectivity index (χ0v) is 16.5. The second-order valence-corrected chi connectivity index (χ2v) is 7.93. The highest BCUT2D eigenvalue weighted by molar-refractivity contribution is 5.69. The van der Waals surface area contributed by atoms with Gasteiger partial charge in [-0.2, -0.15) is 5.10 Å². The van der Waals surface area contributed by atoms with Crippen molar-refractivity contribution >= 4 is 6.09 Å². The summed E-state index contributed by atoms with van der Waals surface area (Å²) in [6.07, 6.45) is 1.04. The fourth-order valence-electron chi connectivity index (χ4n) is 3.39. The fraction of sp³-hybridized carbons (Fsp3) is 0.500. The fourth-order valence-corrected chi connectivity index (χ4v) is 3.39. The summed E-state index contributed by atoms with van der Waals surface area (Å²) < 4.78 is 40.4. The second kappa shape index (κ2) is 7.41. The number of nitrogens with one attached hydrogen (secondary N) is 1. The molecular formula is C20H25F2N3O3. The molecule has 28 heavy (non-hydrogen) atoms. The van der Waals surface area contributed by atoms with Gasteiger partial charge in [0.15, 0.2) is 0 Å². The number of H-pyrrole nitrogens is 1. The maximum atomic E-state index is 14.9. The van der Waals surface area contributed by atoms with Crippen LogP contribution in [0.2, 0.25) is 0 Å². The number of hydrogen-bond donors (Lipinski definition) is 1. The smallest absolute Gasteiger partial charge is 0.410 e. The Morgan fingerprint density at radius 1 is 1.32 bits per heavy atom. The van der Waals surface area contributed by atoms with Gasteiger partial charge in [-0.1, -0.05) is 6.07 Å². The first-order valence-electron chi connectivity index (χ1n) is 9.14. The number of hydrogen-bond acceptors (Lipinski definition) is 4. The van der Waals surface area contributed by atoms with Gasteiger partial charge in [0.05, 0.1) is 25.3 Å². The Morgan fingerprint density at radius 2 is 2.07 bits per heavy atom. The van der Waals surface area contributed by atoms with E-state index >= 15 is 0 Å². The molecule has 1 aromatic carbocycles. The van der Waals surface area contributed by atoms with E-state index in [0.717, 1.165) is 16.2 Å². The third kappa shape index (κ3) is 4.26. The van der Waals surface area contributed by atoms with Crippen LogP contribution < -0.4 is 4.74 Å². The van der Waals surface area contributed by atoms with E-state index in [1.807, 2.05) is 0 Å². The predicted molar refractivity (Wildman–Crippen MR) is 101 cm³/mol. The van der Waals surface area contributed by atoms with E-state index < -0.39 is 30.1 Å². The van der Waals surface area contributed by atoms with Crippen molar-refractivity contribution in [2.45, 2.75) is 44.6 Å². The number of alkyl halides is 2. The molecule has 1 unspecified atom stereocenters. The summed E-state index contributed by atoms with van der Waals surface area (Å²) in [5.41, 5.74) is 1.25. The molecule has 1 aliphatic heterocycles. The lowest BCUT2D eigenvalue weighted by Gasteiger charge is -2.39. The number of piperidine rings is 1. The molecular weight excluding hydrogens is 368 g/mol. The third-order valence-electron chi connectivity index (χ3n) is 4.67. The van der Waals surface area contributed by atoms with Gasteiger partial charge in [0.1, 0.15) is 11.4 Å². The highest BCUT2D eigenvalue weighted by atomic mass is 19.3. The van der Waals surface area contributed by atoms with Crippen LogP contribution in [0.3, 0.4) is 0 Å². The number of rotatable bonds is 3. The largest absolute Gasteiger partial charge is 0.496 e. The first-order valence-corrected chi connectivity index (χ1v) is 9.14. The molecule has 1 aromatic heterocycles. The molecule has 1 saturated heterocycles. The zero-order chi connectivity index (χ0) is 20.5. The lowest BCUT2D eigenvalue weighted by molar-refractivity contribution is -0.0849. The topological polar surface area (TPSA) is 67.4 Å². The number of likely N-dealkylation sites (tertiary alicyclic amines) is 1. The van der Waals surface area contributed by atoms with Gasteiger partial charge in [0.2, 0.25) is 0 Å². The van der Waals surface area contributed by atoms with Crippen LogP contribution >= 0.6 is 0 Å². The minimum Gasteiger partial charge on any atom is -0.496 e. The summed E-state index contributed by atoms with van der Waals surface area (Å²) in [5.74, 6) is -3.58. The van der Waals surface area contributed by atoms with Crippen LogP contribution in [0.5, 0.6) is 5.75 Å². The minimum atomic E-state index is -3.07. The first-order chi connectivity index (χ1) is 13.1. The number of methoxy groups -OCH3 is 1. The molecule has 1 fully saturated rings. The van der Waals surface area contributed by atoms with Crippen LogP contribution in [0.15, 0.2) is 30.5 Å². The van der Waals surface area contributed by atoms with Gasteiger partial charge in [-0.3, -0.25) is 5.10 Å². The number of carbonyl (C=O) groups is 1. The Hall–Kier alpha value is -2.64. The molecule has 1 atom stereocenters. The Kier molecular flexibility index (Phi) is 5.32. The van der Waals surface area contributed by atoms with Crippen LogP contribution in [0, 0.1) is 0 Å². The molecule has 2 aromatic rings. The summed E-state index contributed by atoms with van der Waals surface area (Å²) in [7, 11) is 1.50. The molecule has 1 N–H and O–H groups in total. The normalized spacial score (nSPS) is 19.4. The van der Waals surface area contributed by atoms with Gasteiger partial charge in [-0.25, -0.2) is 13.6 Å². The van der Waals surface area contributed by atoms with Crippen LogP contribution in [-0.2, 0) is 4.74 Å². The third-order valence-corrected chi connectivity index (χ3v) is 4.67. The summed E-state index contributed by atoms with van der Waals surface area (Å²) in [4.78, 5) is 13.2. The van der Waals surface area contributed by atoms with Crippen molar-refractivity contribution in [3.63, 3.8) is 0 Å². The number of aromatic amines is 1. The molecule has 0 radical (unpaired) electrons. The highest BCUT2D eigenvalue weighted by Crippen LogP contribution is 2.43. The van der Waals surface area contributed by atoms with Gasteiger partial charge in [-0.15, -0.1) is 0 Å². The lowest BCUT2D eigenvalue weighted by Crippen LogP contribution is -2.50. The van der Waals surface area contributed by atoms with Crippen molar-refractivity contribution in [3.8, 4) is 17.0 Å². The molecule has 2 heterocycles.